The van der Waals surface area contributed by atoms with Gasteiger partial charge in [0.25, 0.3) is 0 Å². The summed E-state index contributed by atoms with van der Waals surface area (Å²) in [6.45, 7) is 3.17. The van der Waals surface area contributed by atoms with Crippen molar-refractivity contribution in [3.8, 4) is 0 Å². The van der Waals surface area contributed by atoms with Crippen LogP contribution in [0.2, 0.25) is 0 Å². The van der Waals surface area contributed by atoms with E-state index in [9.17, 15) is 0 Å². The van der Waals surface area contributed by atoms with Gasteiger partial charge in [-0.2, -0.15) is 0 Å². The number of hydrogen-bond donors (Lipinski definition) is 1. The van der Waals surface area contributed by atoms with Crippen LogP contribution in [-0.2, 0) is 13.0 Å². The maximum absolute atomic E-state index is 3.56. The summed E-state index contributed by atoms with van der Waals surface area (Å²) in [6, 6.07) is 19.8. The van der Waals surface area contributed by atoms with Crippen LogP contribution in [0.5, 0.6) is 0 Å². The summed E-state index contributed by atoms with van der Waals surface area (Å²) in [5.74, 6) is 0. The van der Waals surface area contributed by atoms with Gasteiger partial charge in [0.15, 0.2) is 0 Å². The van der Waals surface area contributed by atoms with Gasteiger partial charge in [0, 0.05) is 16.2 Å². The topological polar surface area (TPSA) is 12.0 Å². The monoisotopic (exact) mass is 351 g/mol. The van der Waals surface area contributed by atoms with Crippen LogP contribution in [-0.4, -0.2) is 6.04 Å². The fourth-order valence-electron chi connectivity index (χ4n) is 1.93. The molecule has 1 nitrogen and oxygen atoms in total. The van der Waals surface area contributed by atoms with Crippen molar-refractivity contribution in [2.24, 2.45) is 0 Å². The predicted molar refractivity (Wildman–Crippen MR) is 85.6 cm³/mol. The van der Waals surface area contributed by atoms with Crippen molar-refractivity contribution in [2.45, 2.75) is 25.9 Å². The summed E-state index contributed by atoms with van der Waals surface area (Å²) in [5.41, 5.74) is 2.73. The smallest absolute Gasteiger partial charge is 0.0208 e. The Morgan fingerprint density at radius 3 is 2.28 bits per heavy atom. The van der Waals surface area contributed by atoms with Crippen LogP contribution in [0.25, 0.3) is 0 Å². The summed E-state index contributed by atoms with van der Waals surface area (Å²) in [4.78, 5) is 0. The highest BCUT2D eigenvalue weighted by Gasteiger charge is 2.02. The third kappa shape index (κ3) is 4.42. The van der Waals surface area contributed by atoms with Gasteiger partial charge in [0.1, 0.15) is 0 Å². The Balaban J connectivity index is 1.81. The van der Waals surface area contributed by atoms with E-state index >= 15 is 0 Å². The summed E-state index contributed by atoms with van der Waals surface area (Å²) < 4.78 is 1.29. The number of benzene rings is 2. The molecule has 0 aliphatic carbocycles. The molecule has 1 atom stereocenters. The van der Waals surface area contributed by atoms with E-state index in [2.05, 4.69) is 89.4 Å². The van der Waals surface area contributed by atoms with E-state index in [1.807, 2.05) is 0 Å². The van der Waals surface area contributed by atoms with Gasteiger partial charge in [0.05, 0.1) is 0 Å². The Morgan fingerprint density at radius 1 is 0.944 bits per heavy atom. The van der Waals surface area contributed by atoms with Crippen LogP contribution < -0.4 is 5.32 Å². The first-order valence-electron chi connectivity index (χ1n) is 6.26. The van der Waals surface area contributed by atoms with Crippen molar-refractivity contribution in [3.63, 3.8) is 0 Å². The normalized spacial score (nSPS) is 12.3. The molecule has 0 aliphatic heterocycles. The minimum Gasteiger partial charge on any atom is -0.310 e. The minimum atomic E-state index is 0.492. The summed E-state index contributed by atoms with van der Waals surface area (Å²) in [6.07, 6.45) is 1.07. The largest absolute Gasteiger partial charge is 0.310 e. The quantitative estimate of drug-likeness (QED) is 0.803. The van der Waals surface area contributed by atoms with Crippen LogP contribution in [0.3, 0.4) is 0 Å². The molecule has 0 saturated carbocycles. The molecular weight excluding hydrogens is 333 g/mol. The van der Waals surface area contributed by atoms with Gasteiger partial charge in [-0.05, 0) is 59.2 Å². The van der Waals surface area contributed by atoms with Crippen LogP contribution in [0, 0.1) is 3.57 Å². The average Bonchev–Trinajstić information content (AvgIpc) is 2.39. The zero-order valence-corrected chi connectivity index (χ0v) is 12.7. The van der Waals surface area contributed by atoms with Crippen LogP contribution in [0.15, 0.2) is 54.6 Å². The summed E-state index contributed by atoms with van der Waals surface area (Å²) in [5, 5.41) is 3.56. The van der Waals surface area contributed by atoms with Crippen molar-refractivity contribution in [1.29, 1.82) is 0 Å². The molecule has 2 rings (SSSR count). The van der Waals surface area contributed by atoms with Crippen molar-refractivity contribution in [1.82, 2.24) is 5.32 Å². The molecule has 94 valence electrons. The number of halogens is 1. The molecule has 2 aromatic carbocycles. The van der Waals surface area contributed by atoms with Crippen LogP contribution in [0.4, 0.5) is 0 Å². The first-order chi connectivity index (χ1) is 8.74. The molecular formula is C16H18IN. The molecule has 0 aliphatic rings. The van der Waals surface area contributed by atoms with E-state index < -0.39 is 0 Å². The van der Waals surface area contributed by atoms with Gasteiger partial charge in [-0.15, -0.1) is 0 Å². The standard InChI is InChI=1S/C16H18IN/c1-13(11-14-5-3-2-4-6-14)18-12-15-7-9-16(17)10-8-15/h2-10,13,18H,11-12H2,1H3. The molecule has 1 unspecified atom stereocenters. The molecule has 0 spiro atoms. The molecule has 0 aromatic heterocycles. The zero-order chi connectivity index (χ0) is 12.8. The minimum absolute atomic E-state index is 0.492. The maximum atomic E-state index is 3.56. The van der Waals surface area contributed by atoms with Gasteiger partial charge in [0.2, 0.25) is 0 Å². The van der Waals surface area contributed by atoms with E-state index in [1.54, 1.807) is 0 Å². The Morgan fingerprint density at radius 2 is 1.61 bits per heavy atom. The van der Waals surface area contributed by atoms with E-state index in [-0.39, 0.29) is 0 Å². The fourth-order valence-corrected chi connectivity index (χ4v) is 2.29. The zero-order valence-electron chi connectivity index (χ0n) is 10.6. The predicted octanol–water partition coefficient (Wildman–Crippen LogP) is 4.01. The molecule has 0 fully saturated rings. The first-order valence-corrected chi connectivity index (χ1v) is 7.33. The molecule has 2 aromatic rings. The lowest BCUT2D eigenvalue weighted by atomic mass is 10.1. The lowest BCUT2D eigenvalue weighted by Gasteiger charge is -2.14. The molecule has 0 heterocycles. The molecule has 0 bridgehead atoms. The van der Waals surface area contributed by atoms with E-state index in [1.165, 1.54) is 14.7 Å². The van der Waals surface area contributed by atoms with Gasteiger partial charge >= 0.3 is 0 Å². The maximum Gasteiger partial charge on any atom is 0.0208 e. The molecule has 1 N–H and O–H groups in total. The molecule has 0 radical (unpaired) electrons. The summed E-state index contributed by atoms with van der Waals surface area (Å²) in [7, 11) is 0. The van der Waals surface area contributed by atoms with Gasteiger partial charge in [-0.25, -0.2) is 0 Å². The lowest BCUT2D eigenvalue weighted by Crippen LogP contribution is -2.27. The highest BCUT2D eigenvalue weighted by Crippen LogP contribution is 2.07. The Hall–Kier alpha value is -0.870. The van der Waals surface area contributed by atoms with Crippen LogP contribution >= 0.6 is 22.6 Å². The molecule has 0 amide bonds. The molecule has 0 saturated heterocycles. The average molecular weight is 351 g/mol. The number of rotatable bonds is 5. The third-order valence-electron chi connectivity index (χ3n) is 2.95. The van der Waals surface area contributed by atoms with Crippen molar-refractivity contribution >= 4 is 22.6 Å². The van der Waals surface area contributed by atoms with Crippen molar-refractivity contribution in [2.75, 3.05) is 0 Å². The van der Waals surface area contributed by atoms with Crippen molar-refractivity contribution < 1.29 is 0 Å². The first kappa shape index (κ1) is 13.6. The number of nitrogens with one attached hydrogen (secondary N) is 1. The van der Waals surface area contributed by atoms with E-state index in [0.29, 0.717) is 6.04 Å². The fraction of sp³-hybridized carbons (Fsp3) is 0.250. The van der Waals surface area contributed by atoms with Crippen LogP contribution in [0.1, 0.15) is 18.1 Å². The SMILES string of the molecule is CC(Cc1ccccc1)NCc1ccc(I)cc1. The second-order valence-electron chi connectivity index (χ2n) is 4.60. The molecule has 2 heteroatoms. The lowest BCUT2D eigenvalue weighted by molar-refractivity contribution is 0.545. The Labute approximate surface area is 123 Å². The highest BCUT2D eigenvalue weighted by atomic mass is 127. The molecule has 18 heavy (non-hydrogen) atoms. The van der Waals surface area contributed by atoms with Gasteiger partial charge in [-0.3, -0.25) is 0 Å². The summed E-state index contributed by atoms with van der Waals surface area (Å²) >= 11 is 2.33. The highest BCUT2D eigenvalue weighted by molar-refractivity contribution is 14.1. The second-order valence-corrected chi connectivity index (χ2v) is 5.84. The Kier molecular flexibility index (Phi) is 5.20. The Bertz CT molecular complexity index is 464. The number of hydrogen-bond acceptors (Lipinski definition) is 1. The van der Waals surface area contributed by atoms with Gasteiger partial charge < -0.3 is 5.32 Å². The van der Waals surface area contributed by atoms with E-state index in [0.717, 1.165) is 13.0 Å². The third-order valence-corrected chi connectivity index (χ3v) is 3.67. The van der Waals surface area contributed by atoms with E-state index in [4.69, 9.17) is 0 Å². The van der Waals surface area contributed by atoms with Gasteiger partial charge in [-0.1, -0.05) is 42.5 Å². The second kappa shape index (κ2) is 6.90. The van der Waals surface area contributed by atoms with Crippen molar-refractivity contribution in [3.05, 3.63) is 69.3 Å².